The average Bonchev–Trinajstić information content (AvgIpc) is 2.28. The van der Waals surface area contributed by atoms with E-state index < -0.39 is 14.9 Å². The van der Waals surface area contributed by atoms with Crippen molar-refractivity contribution in [1.82, 2.24) is 4.31 Å². The van der Waals surface area contributed by atoms with Crippen LogP contribution < -0.4 is 5.32 Å². The van der Waals surface area contributed by atoms with Gasteiger partial charge in [-0.2, -0.15) is 0 Å². The van der Waals surface area contributed by atoms with Crippen LogP contribution in [-0.2, 0) is 10.0 Å². The molecule has 0 saturated heterocycles. The van der Waals surface area contributed by atoms with Crippen molar-refractivity contribution in [2.24, 2.45) is 0 Å². The number of benzene rings is 1. The third-order valence-electron chi connectivity index (χ3n) is 2.31. The molecule has 0 amide bonds. The van der Waals surface area contributed by atoms with Crippen molar-refractivity contribution in [3.63, 3.8) is 0 Å². The molecule has 1 aromatic rings. The molecule has 0 saturated carbocycles. The molecule has 0 spiro atoms. The Morgan fingerprint density at radius 1 is 1.39 bits per heavy atom. The summed E-state index contributed by atoms with van der Waals surface area (Å²) in [6.07, 6.45) is 0. The van der Waals surface area contributed by atoms with E-state index in [1.54, 1.807) is 6.92 Å². The smallest absolute Gasteiger partial charge is 0.292 e. The van der Waals surface area contributed by atoms with E-state index in [2.05, 4.69) is 5.32 Å². The van der Waals surface area contributed by atoms with Crippen LogP contribution in [0.2, 0.25) is 0 Å². The predicted molar refractivity (Wildman–Crippen MR) is 68.1 cm³/mol. The van der Waals surface area contributed by atoms with Crippen molar-refractivity contribution in [1.29, 1.82) is 0 Å². The van der Waals surface area contributed by atoms with Gasteiger partial charge in [-0.05, 0) is 19.1 Å². The third-order valence-corrected chi connectivity index (χ3v) is 4.12. The molecule has 0 aliphatic rings. The lowest BCUT2D eigenvalue weighted by atomic mass is 10.2. The lowest BCUT2D eigenvalue weighted by molar-refractivity contribution is -0.384. The summed E-state index contributed by atoms with van der Waals surface area (Å²) in [5, 5.41) is 13.6. The maximum atomic E-state index is 11.9. The summed E-state index contributed by atoms with van der Waals surface area (Å²) < 4.78 is 24.9. The highest BCUT2D eigenvalue weighted by molar-refractivity contribution is 7.89. The first kappa shape index (κ1) is 14.4. The summed E-state index contributed by atoms with van der Waals surface area (Å²) in [7, 11) is -0.777. The summed E-state index contributed by atoms with van der Waals surface area (Å²) >= 11 is 0. The molecule has 0 fully saturated rings. The van der Waals surface area contributed by atoms with Crippen LogP contribution >= 0.6 is 0 Å². The minimum atomic E-state index is -3.59. The quantitative estimate of drug-likeness (QED) is 0.644. The number of nitro groups is 1. The number of anilines is 1. The number of hydrogen-bond donors (Lipinski definition) is 1. The maximum absolute atomic E-state index is 11.9. The van der Waals surface area contributed by atoms with Gasteiger partial charge >= 0.3 is 0 Å². The number of nitro benzene ring substituents is 1. The van der Waals surface area contributed by atoms with E-state index in [9.17, 15) is 18.5 Å². The Balaban J connectivity index is 3.36. The normalized spacial score (nSPS) is 11.6. The largest absolute Gasteiger partial charge is 0.380 e. The van der Waals surface area contributed by atoms with Crippen molar-refractivity contribution >= 4 is 21.4 Å². The monoisotopic (exact) mass is 273 g/mol. The van der Waals surface area contributed by atoms with Gasteiger partial charge in [-0.25, -0.2) is 12.7 Å². The molecular formula is C10H15N3O4S. The van der Waals surface area contributed by atoms with E-state index in [1.807, 2.05) is 0 Å². The molecule has 1 aromatic carbocycles. The van der Waals surface area contributed by atoms with Gasteiger partial charge in [0.25, 0.3) is 5.69 Å². The minimum absolute atomic E-state index is 0.0223. The van der Waals surface area contributed by atoms with Gasteiger partial charge in [0.05, 0.1) is 9.82 Å². The highest BCUT2D eigenvalue weighted by Gasteiger charge is 2.21. The zero-order valence-electron chi connectivity index (χ0n) is 10.4. The highest BCUT2D eigenvalue weighted by Crippen LogP contribution is 2.28. The van der Waals surface area contributed by atoms with Crippen LogP contribution in [0.1, 0.15) is 6.92 Å². The van der Waals surface area contributed by atoms with Gasteiger partial charge in [0, 0.05) is 26.7 Å². The average molecular weight is 273 g/mol. The zero-order chi connectivity index (χ0) is 13.9. The lowest BCUT2D eigenvalue weighted by Crippen LogP contribution is -2.22. The summed E-state index contributed by atoms with van der Waals surface area (Å²) in [5.74, 6) is 0. The highest BCUT2D eigenvalue weighted by atomic mass is 32.2. The van der Waals surface area contributed by atoms with E-state index in [-0.39, 0.29) is 16.3 Å². The fourth-order valence-corrected chi connectivity index (χ4v) is 2.31. The fraction of sp³-hybridized carbons (Fsp3) is 0.400. The lowest BCUT2D eigenvalue weighted by Gasteiger charge is -2.12. The number of nitrogens with zero attached hydrogens (tertiary/aromatic N) is 2. The summed E-state index contributed by atoms with van der Waals surface area (Å²) in [6, 6.07) is 3.69. The van der Waals surface area contributed by atoms with Crippen molar-refractivity contribution in [3.05, 3.63) is 28.3 Å². The zero-order valence-corrected chi connectivity index (χ0v) is 11.2. The fourth-order valence-electron chi connectivity index (χ4n) is 1.38. The van der Waals surface area contributed by atoms with E-state index in [4.69, 9.17) is 0 Å². The van der Waals surface area contributed by atoms with Crippen LogP contribution in [0.4, 0.5) is 11.4 Å². The molecule has 8 heteroatoms. The Kier molecular flexibility index (Phi) is 4.25. The van der Waals surface area contributed by atoms with Crippen LogP contribution in [0.5, 0.6) is 0 Å². The number of sulfonamides is 1. The van der Waals surface area contributed by atoms with Crippen LogP contribution in [0.3, 0.4) is 0 Å². The van der Waals surface area contributed by atoms with E-state index in [0.29, 0.717) is 6.54 Å². The number of rotatable bonds is 5. The summed E-state index contributed by atoms with van der Waals surface area (Å²) in [5.41, 5.74) is 0.0555. The second-order valence-corrected chi connectivity index (χ2v) is 5.91. The standard InChI is InChI=1S/C10H15N3O4S/c1-4-11-9-7-8(18(16,17)12(2)3)5-6-10(9)13(14)15/h5-7,11H,4H2,1-3H3. The van der Waals surface area contributed by atoms with Gasteiger partial charge in [0.15, 0.2) is 0 Å². The van der Waals surface area contributed by atoms with Gasteiger partial charge in [0.2, 0.25) is 10.0 Å². The molecule has 100 valence electrons. The molecular weight excluding hydrogens is 258 g/mol. The molecule has 0 radical (unpaired) electrons. The molecule has 0 aromatic heterocycles. The molecule has 0 heterocycles. The van der Waals surface area contributed by atoms with Gasteiger partial charge in [-0.3, -0.25) is 10.1 Å². The molecule has 0 aliphatic carbocycles. The molecule has 18 heavy (non-hydrogen) atoms. The van der Waals surface area contributed by atoms with Crippen molar-refractivity contribution < 1.29 is 13.3 Å². The maximum Gasteiger partial charge on any atom is 0.292 e. The Morgan fingerprint density at radius 2 is 2.00 bits per heavy atom. The predicted octanol–water partition coefficient (Wildman–Crippen LogP) is 1.28. The van der Waals surface area contributed by atoms with Gasteiger partial charge in [-0.15, -0.1) is 0 Å². The molecule has 0 unspecified atom stereocenters. The Morgan fingerprint density at radius 3 is 2.44 bits per heavy atom. The Labute approximate surface area is 106 Å². The van der Waals surface area contributed by atoms with E-state index in [0.717, 1.165) is 4.31 Å². The summed E-state index contributed by atoms with van der Waals surface area (Å²) in [4.78, 5) is 10.3. The van der Waals surface area contributed by atoms with E-state index >= 15 is 0 Å². The summed E-state index contributed by atoms with van der Waals surface area (Å²) in [6.45, 7) is 2.24. The second-order valence-electron chi connectivity index (χ2n) is 3.75. The Bertz CT molecular complexity index is 554. The van der Waals surface area contributed by atoms with Gasteiger partial charge in [0.1, 0.15) is 5.69 Å². The molecule has 7 nitrogen and oxygen atoms in total. The molecule has 0 aliphatic heterocycles. The third kappa shape index (κ3) is 2.77. The SMILES string of the molecule is CCNc1cc(S(=O)(=O)N(C)C)ccc1[N+](=O)[O-]. The molecule has 1 rings (SSSR count). The van der Waals surface area contributed by atoms with Crippen molar-refractivity contribution in [3.8, 4) is 0 Å². The number of nitrogens with one attached hydrogen (secondary N) is 1. The van der Waals surface area contributed by atoms with E-state index in [1.165, 1.54) is 32.3 Å². The second kappa shape index (κ2) is 5.32. The first-order valence-electron chi connectivity index (χ1n) is 5.25. The van der Waals surface area contributed by atoms with Gasteiger partial charge in [-0.1, -0.05) is 0 Å². The minimum Gasteiger partial charge on any atom is -0.380 e. The van der Waals surface area contributed by atoms with Crippen LogP contribution in [0.15, 0.2) is 23.1 Å². The van der Waals surface area contributed by atoms with Crippen LogP contribution in [0, 0.1) is 10.1 Å². The van der Waals surface area contributed by atoms with Crippen molar-refractivity contribution in [2.45, 2.75) is 11.8 Å². The molecule has 1 N–H and O–H groups in total. The number of hydrogen-bond acceptors (Lipinski definition) is 5. The first-order chi connectivity index (χ1) is 8.30. The Hall–Kier alpha value is -1.67. The van der Waals surface area contributed by atoms with Gasteiger partial charge < -0.3 is 5.32 Å². The topological polar surface area (TPSA) is 92.6 Å². The molecule has 0 atom stereocenters. The van der Waals surface area contributed by atoms with Crippen molar-refractivity contribution in [2.75, 3.05) is 26.0 Å². The molecule has 0 bridgehead atoms. The van der Waals surface area contributed by atoms with Crippen LogP contribution in [-0.4, -0.2) is 38.3 Å². The van der Waals surface area contributed by atoms with Crippen LogP contribution in [0.25, 0.3) is 0 Å². The first-order valence-corrected chi connectivity index (χ1v) is 6.69.